The molecule has 106 valence electrons. The fourth-order valence-electron chi connectivity index (χ4n) is 2.39. The zero-order chi connectivity index (χ0) is 14.2. The van der Waals surface area contributed by atoms with Gasteiger partial charge in [0.25, 0.3) is 0 Å². The molecule has 1 aromatic carbocycles. The molecule has 6 heteroatoms. The fourth-order valence-corrected chi connectivity index (χ4v) is 4.32. The van der Waals surface area contributed by atoms with E-state index in [4.69, 9.17) is 10.5 Å². The molecule has 2 atom stereocenters. The van der Waals surface area contributed by atoms with E-state index >= 15 is 0 Å². The van der Waals surface area contributed by atoms with Crippen LogP contribution in [-0.4, -0.2) is 38.5 Å². The Bertz CT molecular complexity index is 571. The average molecular weight is 284 g/mol. The van der Waals surface area contributed by atoms with Crippen LogP contribution in [0.5, 0.6) is 5.75 Å². The summed E-state index contributed by atoms with van der Waals surface area (Å²) in [5.74, 6) is 0.373. The van der Waals surface area contributed by atoms with Crippen LogP contribution < -0.4 is 10.5 Å². The second-order valence-corrected chi connectivity index (χ2v) is 6.82. The smallest absolute Gasteiger partial charge is 0.247 e. The number of rotatable bonds is 3. The summed E-state index contributed by atoms with van der Waals surface area (Å²) < 4.78 is 32.1. The molecule has 1 saturated heterocycles. The second-order valence-electron chi connectivity index (χ2n) is 4.96. The van der Waals surface area contributed by atoms with E-state index in [9.17, 15) is 8.42 Å². The number of nitrogens with zero attached hydrogens (tertiary/aromatic N) is 1. The molecule has 0 aliphatic carbocycles. The Kier molecular flexibility index (Phi) is 3.85. The quantitative estimate of drug-likeness (QED) is 0.902. The summed E-state index contributed by atoms with van der Waals surface area (Å²) in [6.45, 7) is 4.16. The maximum atomic E-state index is 12.7. The monoisotopic (exact) mass is 284 g/mol. The Morgan fingerprint density at radius 3 is 2.63 bits per heavy atom. The highest BCUT2D eigenvalue weighted by Gasteiger charge is 2.38. The van der Waals surface area contributed by atoms with Crippen LogP contribution in [0.4, 0.5) is 0 Å². The van der Waals surface area contributed by atoms with Crippen LogP contribution in [0.1, 0.15) is 18.9 Å². The molecule has 1 aliphatic heterocycles. The Balaban J connectivity index is 2.48. The topological polar surface area (TPSA) is 72.6 Å². The van der Waals surface area contributed by atoms with Gasteiger partial charge in [-0.25, -0.2) is 8.42 Å². The molecule has 0 spiro atoms. The lowest BCUT2D eigenvalue weighted by atomic mass is 10.2. The third-order valence-corrected chi connectivity index (χ3v) is 5.67. The summed E-state index contributed by atoms with van der Waals surface area (Å²) in [6.07, 6.45) is 0.689. The molecule has 19 heavy (non-hydrogen) atoms. The molecule has 2 rings (SSSR count). The van der Waals surface area contributed by atoms with E-state index in [0.717, 1.165) is 5.56 Å². The maximum Gasteiger partial charge on any atom is 0.247 e. The number of ether oxygens (including phenoxy) is 1. The predicted molar refractivity (Wildman–Crippen MR) is 73.7 cm³/mol. The lowest BCUT2D eigenvalue weighted by Gasteiger charge is -2.23. The van der Waals surface area contributed by atoms with Crippen molar-refractivity contribution in [2.24, 2.45) is 5.73 Å². The van der Waals surface area contributed by atoms with Gasteiger partial charge in [0.1, 0.15) is 10.6 Å². The largest absolute Gasteiger partial charge is 0.495 e. The molecule has 1 fully saturated rings. The van der Waals surface area contributed by atoms with Gasteiger partial charge in [0.2, 0.25) is 10.0 Å². The van der Waals surface area contributed by atoms with Crippen LogP contribution in [0.3, 0.4) is 0 Å². The first-order valence-corrected chi connectivity index (χ1v) is 7.74. The van der Waals surface area contributed by atoms with Gasteiger partial charge in [0, 0.05) is 18.6 Å². The van der Waals surface area contributed by atoms with Gasteiger partial charge in [-0.05, 0) is 38.0 Å². The molecule has 2 unspecified atom stereocenters. The molecular formula is C13H20N2O3S. The highest BCUT2D eigenvalue weighted by molar-refractivity contribution is 7.89. The van der Waals surface area contributed by atoms with Crippen molar-refractivity contribution in [1.82, 2.24) is 4.31 Å². The lowest BCUT2D eigenvalue weighted by Crippen LogP contribution is -2.40. The first-order valence-electron chi connectivity index (χ1n) is 6.30. The highest BCUT2D eigenvalue weighted by Crippen LogP contribution is 2.31. The Morgan fingerprint density at radius 1 is 1.42 bits per heavy atom. The van der Waals surface area contributed by atoms with Gasteiger partial charge in [0.05, 0.1) is 7.11 Å². The van der Waals surface area contributed by atoms with E-state index < -0.39 is 10.0 Å². The number of hydrogen-bond donors (Lipinski definition) is 1. The zero-order valence-corrected chi connectivity index (χ0v) is 12.3. The van der Waals surface area contributed by atoms with Gasteiger partial charge >= 0.3 is 0 Å². The molecule has 1 heterocycles. The van der Waals surface area contributed by atoms with Gasteiger partial charge in [-0.15, -0.1) is 0 Å². The molecule has 0 saturated carbocycles. The molecule has 5 nitrogen and oxygen atoms in total. The number of nitrogens with two attached hydrogens (primary N) is 1. The summed E-state index contributed by atoms with van der Waals surface area (Å²) in [5.41, 5.74) is 6.79. The number of aryl methyl sites for hydroxylation is 1. The van der Waals surface area contributed by atoms with Gasteiger partial charge in [0.15, 0.2) is 0 Å². The van der Waals surface area contributed by atoms with Crippen LogP contribution in [0, 0.1) is 6.92 Å². The van der Waals surface area contributed by atoms with Gasteiger partial charge in [-0.2, -0.15) is 4.31 Å². The van der Waals surface area contributed by atoms with E-state index in [-0.39, 0.29) is 17.0 Å². The van der Waals surface area contributed by atoms with E-state index in [2.05, 4.69) is 0 Å². The van der Waals surface area contributed by atoms with Crippen LogP contribution >= 0.6 is 0 Å². The van der Waals surface area contributed by atoms with Gasteiger partial charge < -0.3 is 10.5 Å². The second kappa shape index (κ2) is 5.11. The molecule has 2 N–H and O–H groups in total. The molecule has 1 aliphatic rings. The predicted octanol–water partition coefficient (Wildman–Crippen LogP) is 1.11. The van der Waals surface area contributed by atoms with Crippen molar-refractivity contribution in [2.75, 3.05) is 13.7 Å². The van der Waals surface area contributed by atoms with Crippen molar-refractivity contribution in [3.63, 3.8) is 0 Å². The number of sulfonamides is 1. The summed E-state index contributed by atoms with van der Waals surface area (Å²) in [4.78, 5) is 0.218. The molecule has 0 aromatic heterocycles. The lowest BCUT2D eigenvalue weighted by molar-refractivity contribution is 0.379. The summed E-state index contributed by atoms with van der Waals surface area (Å²) in [6, 6.07) is 4.87. The zero-order valence-electron chi connectivity index (χ0n) is 11.5. The summed E-state index contributed by atoms with van der Waals surface area (Å²) in [5, 5.41) is 0. The summed E-state index contributed by atoms with van der Waals surface area (Å²) in [7, 11) is -2.08. The first kappa shape index (κ1) is 14.3. The Morgan fingerprint density at radius 2 is 2.11 bits per heavy atom. The van der Waals surface area contributed by atoms with Crippen LogP contribution in [0.25, 0.3) is 0 Å². The Labute approximate surface area is 114 Å². The standard InChI is InChI=1S/C13H20N2O3S/c1-9-4-5-12(18-3)13(8-9)19(16,17)15-7-6-11(14)10(15)2/h4-5,8,10-11H,6-7,14H2,1-3H3. The van der Waals surface area contributed by atoms with Crippen molar-refractivity contribution in [3.8, 4) is 5.75 Å². The number of hydrogen-bond acceptors (Lipinski definition) is 4. The van der Waals surface area contributed by atoms with Crippen molar-refractivity contribution >= 4 is 10.0 Å². The average Bonchev–Trinajstić information content (AvgIpc) is 2.70. The van der Waals surface area contributed by atoms with Crippen LogP contribution in [0.15, 0.2) is 23.1 Å². The molecule has 1 aromatic rings. The van der Waals surface area contributed by atoms with E-state index in [0.29, 0.717) is 18.7 Å². The maximum absolute atomic E-state index is 12.7. The van der Waals surface area contributed by atoms with Crippen molar-refractivity contribution in [3.05, 3.63) is 23.8 Å². The van der Waals surface area contributed by atoms with E-state index in [1.165, 1.54) is 11.4 Å². The minimum atomic E-state index is -3.56. The fraction of sp³-hybridized carbons (Fsp3) is 0.538. The molecule has 0 amide bonds. The third-order valence-electron chi connectivity index (χ3n) is 3.66. The van der Waals surface area contributed by atoms with Gasteiger partial charge in [-0.3, -0.25) is 0 Å². The van der Waals surface area contributed by atoms with Crippen LogP contribution in [-0.2, 0) is 10.0 Å². The van der Waals surface area contributed by atoms with Crippen LogP contribution in [0.2, 0.25) is 0 Å². The van der Waals surface area contributed by atoms with Crippen molar-refractivity contribution in [1.29, 1.82) is 0 Å². The minimum absolute atomic E-state index is 0.106. The Hall–Kier alpha value is -1.11. The molecule has 0 bridgehead atoms. The van der Waals surface area contributed by atoms with E-state index in [1.807, 2.05) is 19.9 Å². The van der Waals surface area contributed by atoms with Crippen molar-refractivity contribution in [2.45, 2.75) is 37.2 Å². The highest BCUT2D eigenvalue weighted by atomic mass is 32.2. The third kappa shape index (κ3) is 2.48. The minimum Gasteiger partial charge on any atom is -0.495 e. The molecular weight excluding hydrogens is 264 g/mol. The normalized spacial score (nSPS) is 24.6. The van der Waals surface area contributed by atoms with Crippen molar-refractivity contribution < 1.29 is 13.2 Å². The van der Waals surface area contributed by atoms with Gasteiger partial charge in [-0.1, -0.05) is 6.07 Å². The number of benzene rings is 1. The first-order chi connectivity index (χ1) is 8.87. The molecule has 0 radical (unpaired) electrons. The SMILES string of the molecule is COc1ccc(C)cc1S(=O)(=O)N1CCC(N)C1C. The van der Waals surface area contributed by atoms with E-state index in [1.54, 1.807) is 12.1 Å². The number of methoxy groups -OCH3 is 1. The summed E-state index contributed by atoms with van der Waals surface area (Å²) >= 11 is 0.